The van der Waals surface area contributed by atoms with Crippen LogP contribution in [0.4, 0.5) is 5.69 Å². The fourth-order valence-corrected chi connectivity index (χ4v) is 3.00. The Kier molecular flexibility index (Phi) is 7.03. The molecule has 4 heteroatoms. The summed E-state index contributed by atoms with van der Waals surface area (Å²) in [5.74, 6) is -0.186. The number of esters is 1. The van der Waals surface area contributed by atoms with E-state index in [2.05, 4.69) is 49.6 Å². The highest BCUT2D eigenvalue weighted by Gasteiger charge is 2.42. The predicted octanol–water partition coefficient (Wildman–Crippen LogP) is 0.820. The number of para-hydroxylation sites is 1. The van der Waals surface area contributed by atoms with E-state index in [0.717, 1.165) is 25.8 Å². The van der Waals surface area contributed by atoms with E-state index < -0.39 is 0 Å². The van der Waals surface area contributed by atoms with Crippen molar-refractivity contribution in [2.45, 2.75) is 52.4 Å². The maximum atomic E-state index is 10.7. The molecule has 0 unspecified atom stereocenters. The van der Waals surface area contributed by atoms with Crippen LogP contribution in [-0.2, 0) is 14.9 Å². The Hall–Kier alpha value is -0.910. The van der Waals surface area contributed by atoms with E-state index >= 15 is 0 Å². The molecule has 0 aromatic heterocycles. The van der Waals surface area contributed by atoms with E-state index in [1.54, 1.807) is 0 Å². The molecule has 1 aliphatic rings. The number of carbonyl (C=O) groups excluding carboxylic acids is 1. The third-order valence-corrected chi connectivity index (χ3v) is 4.51. The number of ether oxygens (including phenoxy) is 1. The second kappa shape index (κ2) is 8.09. The summed E-state index contributed by atoms with van der Waals surface area (Å²) < 4.78 is 7.41. The first-order chi connectivity index (χ1) is 9.94. The van der Waals surface area contributed by atoms with Gasteiger partial charge in [0.15, 0.2) is 5.71 Å². The average molecular weight is 415 g/mol. The van der Waals surface area contributed by atoms with Crippen molar-refractivity contribution < 1.29 is 38.1 Å². The minimum Gasteiger partial charge on any atom is -1.00 e. The average Bonchev–Trinajstić information content (AvgIpc) is 2.63. The van der Waals surface area contributed by atoms with E-state index in [1.165, 1.54) is 23.9 Å². The van der Waals surface area contributed by atoms with Crippen LogP contribution in [0.25, 0.3) is 0 Å². The minimum absolute atomic E-state index is 0. The van der Waals surface area contributed by atoms with Gasteiger partial charge in [-0.2, -0.15) is 4.58 Å². The summed E-state index contributed by atoms with van der Waals surface area (Å²) in [6.07, 6.45) is 3.14. The molecule has 0 bridgehead atoms. The van der Waals surface area contributed by atoms with Crippen LogP contribution in [0.1, 0.15) is 52.5 Å². The molecular weight excluding hydrogens is 389 g/mol. The number of hydrogen-bond donors (Lipinski definition) is 0. The molecule has 0 atom stereocenters. The minimum atomic E-state index is -0.186. The molecule has 0 aliphatic carbocycles. The van der Waals surface area contributed by atoms with Crippen molar-refractivity contribution in [3.05, 3.63) is 29.8 Å². The molecule has 0 saturated carbocycles. The second-order valence-corrected chi connectivity index (χ2v) is 6.28. The van der Waals surface area contributed by atoms with Gasteiger partial charge in [0.2, 0.25) is 5.69 Å². The standard InChI is InChI=1S/C18H26NO2.HI/c1-14-18(3,4)16-10-6-7-11-17(16)19(14)12-8-5-9-13-21-15(2)20;/h6-7,10-11H,5,8-9,12-13H2,1-4H3;1H/q+1;/p-1. The zero-order valence-corrected chi connectivity index (χ0v) is 16.1. The first-order valence-corrected chi connectivity index (χ1v) is 7.79. The van der Waals surface area contributed by atoms with Crippen molar-refractivity contribution in [2.24, 2.45) is 0 Å². The first-order valence-electron chi connectivity index (χ1n) is 7.79. The molecule has 1 aromatic carbocycles. The summed E-state index contributed by atoms with van der Waals surface area (Å²) in [6, 6.07) is 8.68. The van der Waals surface area contributed by atoms with Gasteiger partial charge in [-0.15, -0.1) is 0 Å². The van der Waals surface area contributed by atoms with Crippen LogP contribution in [0.3, 0.4) is 0 Å². The van der Waals surface area contributed by atoms with Crippen molar-refractivity contribution in [3.8, 4) is 0 Å². The van der Waals surface area contributed by atoms with Gasteiger partial charge in [0.1, 0.15) is 6.54 Å². The van der Waals surface area contributed by atoms with Crippen LogP contribution in [0, 0.1) is 0 Å². The largest absolute Gasteiger partial charge is 1.00 e. The molecular formula is C18H26INO2. The Morgan fingerprint density at radius 2 is 1.86 bits per heavy atom. The Morgan fingerprint density at radius 1 is 1.18 bits per heavy atom. The lowest BCUT2D eigenvalue weighted by Crippen LogP contribution is -3.00. The van der Waals surface area contributed by atoms with Gasteiger partial charge in [-0.1, -0.05) is 18.2 Å². The number of nitrogens with zero attached hydrogens (tertiary/aromatic N) is 1. The highest BCUT2D eigenvalue weighted by Crippen LogP contribution is 2.39. The van der Waals surface area contributed by atoms with Crippen molar-refractivity contribution in [3.63, 3.8) is 0 Å². The second-order valence-electron chi connectivity index (χ2n) is 6.28. The van der Waals surface area contributed by atoms with Gasteiger partial charge in [-0.25, -0.2) is 0 Å². The lowest BCUT2D eigenvalue weighted by Gasteiger charge is -2.14. The lowest BCUT2D eigenvalue weighted by molar-refractivity contribution is -0.439. The summed E-state index contributed by atoms with van der Waals surface area (Å²) in [5, 5.41) is 0. The summed E-state index contributed by atoms with van der Waals surface area (Å²) in [7, 11) is 0. The van der Waals surface area contributed by atoms with Gasteiger partial charge in [0.05, 0.1) is 12.0 Å². The first kappa shape index (κ1) is 19.1. The van der Waals surface area contributed by atoms with E-state index in [1.807, 2.05) is 0 Å². The Labute approximate surface area is 150 Å². The number of hydrogen-bond acceptors (Lipinski definition) is 2. The van der Waals surface area contributed by atoms with E-state index in [0.29, 0.717) is 6.61 Å². The van der Waals surface area contributed by atoms with Crippen molar-refractivity contribution in [2.75, 3.05) is 13.2 Å². The maximum Gasteiger partial charge on any atom is 0.302 e. The summed E-state index contributed by atoms with van der Waals surface area (Å²) in [6.45, 7) is 9.86. The van der Waals surface area contributed by atoms with Crippen LogP contribution in [0.15, 0.2) is 24.3 Å². The number of unbranched alkanes of at least 4 members (excludes halogenated alkanes) is 2. The number of carbonyl (C=O) groups is 1. The normalized spacial score (nSPS) is 15.3. The molecule has 22 heavy (non-hydrogen) atoms. The summed E-state index contributed by atoms with van der Waals surface area (Å²) in [4.78, 5) is 10.7. The molecule has 122 valence electrons. The van der Waals surface area contributed by atoms with Gasteiger partial charge in [0, 0.05) is 31.9 Å². The number of rotatable bonds is 6. The zero-order chi connectivity index (χ0) is 15.5. The van der Waals surface area contributed by atoms with Crippen molar-refractivity contribution in [1.82, 2.24) is 0 Å². The number of benzene rings is 1. The van der Waals surface area contributed by atoms with Gasteiger partial charge in [-0.05, 0) is 26.7 Å². The third kappa shape index (κ3) is 4.09. The smallest absolute Gasteiger partial charge is 0.302 e. The van der Waals surface area contributed by atoms with E-state index in [-0.39, 0.29) is 35.4 Å². The molecule has 2 rings (SSSR count). The van der Waals surface area contributed by atoms with E-state index in [4.69, 9.17) is 4.74 Å². The van der Waals surface area contributed by atoms with Crippen molar-refractivity contribution in [1.29, 1.82) is 0 Å². The molecule has 0 fully saturated rings. The van der Waals surface area contributed by atoms with Gasteiger partial charge >= 0.3 is 5.97 Å². The van der Waals surface area contributed by atoms with Crippen LogP contribution in [0.2, 0.25) is 0 Å². The molecule has 3 nitrogen and oxygen atoms in total. The highest BCUT2D eigenvalue weighted by molar-refractivity contribution is 5.93. The molecule has 1 aromatic rings. The Balaban J connectivity index is 0.00000242. The predicted molar refractivity (Wildman–Crippen MR) is 85.4 cm³/mol. The topological polar surface area (TPSA) is 29.3 Å². The van der Waals surface area contributed by atoms with Gasteiger partial charge in [-0.3, -0.25) is 4.79 Å². The summed E-state index contributed by atoms with van der Waals surface area (Å²) >= 11 is 0. The Morgan fingerprint density at radius 3 is 2.55 bits per heavy atom. The Bertz CT molecular complexity index is 564. The van der Waals surface area contributed by atoms with E-state index in [9.17, 15) is 4.79 Å². The highest BCUT2D eigenvalue weighted by atomic mass is 127. The number of fused-ring (bicyclic) bond motifs is 1. The van der Waals surface area contributed by atoms with Crippen LogP contribution in [-0.4, -0.2) is 29.4 Å². The SMILES string of the molecule is CC(=O)OCCCCC[N+]1=C(C)C(C)(C)c2ccccc21.[I-]. The zero-order valence-electron chi connectivity index (χ0n) is 14.0. The van der Waals surface area contributed by atoms with Crippen LogP contribution in [0.5, 0.6) is 0 Å². The quantitative estimate of drug-likeness (QED) is 0.298. The number of halogens is 1. The molecule has 1 heterocycles. The fourth-order valence-electron chi connectivity index (χ4n) is 3.00. The monoisotopic (exact) mass is 415 g/mol. The molecule has 0 amide bonds. The maximum absolute atomic E-state index is 10.7. The van der Waals surface area contributed by atoms with Gasteiger partial charge in [0.25, 0.3) is 0 Å². The fraction of sp³-hybridized carbons (Fsp3) is 0.556. The molecule has 0 spiro atoms. The molecule has 1 aliphatic heterocycles. The van der Waals surface area contributed by atoms with Gasteiger partial charge < -0.3 is 28.7 Å². The summed E-state index contributed by atoms with van der Waals surface area (Å²) in [5.41, 5.74) is 4.31. The molecule has 0 saturated heterocycles. The molecule has 0 N–H and O–H groups in total. The van der Waals surface area contributed by atoms with Crippen LogP contribution >= 0.6 is 0 Å². The lowest BCUT2D eigenvalue weighted by atomic mass is 9.82. The van der Waals surface area contributed by atoms with Crippen LogP contribution < -0.4 is 24.0 Å². The van der Waals surface area contributed by atoms with Crippen molar-refractivity contribution >= 4 is 17.4 Å². The third-order valence-electron chi connectivity index (χ3n) is 4.51. The molecule has 0 radical (unpaired) electrons.